The minimum absolute atomic E-state index is 0.982. The second kappa shape index (κ2) is 5.50. The van der Waals surface area contributed by atoms with Crippen LogP contribution in [0.1, 0.15) is 23.6 Å². The Morgan fingerprint density at radius 3 is 1.89 bits per heavy atom. The molecule has 0 bridgehead atoms. The van der Waals surface area contributed by atoms with Crippen LogP contribution in [0.3, 0.4) is 0 Å². The highest BCUT2D eigenvalue weighted by Crippen LogP contribution is 2.10. The van der Waals surface area contributed by atoms with Gasteiger partial charge in [-0.2, -0.15) is 5.10 Å². The number of benzene rings is 2. The fourth-order valence-electron chi connectivity index (χ4n) is 1.64. The average Bonchev–Trinajstić information content (AvgIpc) is 2.38. The average molecular weight is 238 g/mol. The van der Waals surface area contributed by atoms with Crippen molar-refractivity contribution >= 4 is 11.4 Å². The third kappa shape index (κ3) is 3.20. The normalized spacial score (nSPS) is 11.4. The molecule has 0 fully saturated rings. The molecule has 0 heterocycles. The molecule has 1 N–H and O–H groups in total. The summed E-state index contributed by atoms with van der Waals surface area (Å²) in [4.78, 5) is 0. The van der Waals surface area contributed by atoms with Crippen molar-refractivity contribution in [3.05, 3.63) is 65.2 Å². The van der Waals surface area contributed by atoms with Crippen molar-refractivity contribution in [2.24, 2.45) is 5.10 Å². The second-order valence-electron chi connectivity index (χ2n) is 4.54. The van der Waals surface area contributed by atoms with Gasteiger partial charge in [-0.1, -0.05) is 47.5 Å². The molecule has 0 unspecified atom stereocenters. The zero-order valence-electron chi connectivity index (χ0n) is 11.1. The van der Waals surface area contributed by atoms with E-state index in [0.717, 1.165) is 17.0 Å². The molecule has 0 saturated carbocycles. The van der Waals surface area contributed by atoms with E-state index in [0.29, 0.717) is 0 Å². The molecule has 0 atom stereocenters. The zero-order chi connectivity index (χ0) is 13.0. The Balaban J connectivity index is 2.09. The van der Waals surface area contributed by atoms with Gasteiger partial charge in [0.2, 0.25) is 0 Å². The Kier molecular flexibility index (Phi) is 3.78. The lowest BCUT2D eigenvalue weighted by Crippen LogP contribution is -1.99. The summed E-state index contributed by atoms with van der Waals surface area (Å²) in [7, 11) is 0. The van der Waals surface area contributed by atoms with Crippen LogP contribution in [-0.4, -0.2) is 5.71 Å². The Bertz CT molecular complexity index is 536. The third-order valence-corrected chi connectivity index (χ3v) is 2.87. The molecule has 0 aliphatic heterocycles. The van der Waals surface area contributed by atoms with Crippen LogP contribution in [0.15, 0.2) is 53.6 Å². The highest BCUT2D eigenvalue weighted by atomic mass is 15.3. The van der Waals surface area contributed by atoms with Gasteiger partial charge in [0.25, 0.3) is 0 Å². The van der Waals surface area contributed by atoms with Gasteiger partial charge in [-0.15, -0.1) is 0 Å². The Hall–Kier alpha value is -2.09. The molecule has 0 aliphatic rings. The second-order valence-corrected chi connectivity index (χ2v) is 4.54. The number of rotatable bonds is 3. The minimum Gasteiger partial charge on any atom is -0.278 e. The number of anilines is 1. The summed E-state index contributed by atoms with van der Waals surface area (Å²) < 4.78 is 0. The Labute approximate surface area is 108 Å². The van der Waals surface area contributed by atoms with Gasteiger partial charge in [-0.25, -0.2) is 0 Å². The molecule has 0 saturated heterocycles. The van der Waals surface area contributed by atoms with Crippen LogP contribution in [0, 0.1) is 13.8 Å². The summed E-state index contributed by atoms with van der Waals surface area (Å²) in [6.07, 6.45) is 0. The van der Waals surface area contributed by atoms with Crippen LogP contribution < -0.4 is 5.43 Å². The van der Waals surface area contributed by atoms with Gasteiger partial charge in [0.05, 0.1) is 11.4 Å². The van der Waals surface area contributed by atoms with Crippen molar-refractivity contribution < 1.29 is 0 Å². The van der Waals surface area contributed by atoms with Crippen LogP contribution in [0.25, 0.3) is 0 Å². The van der Waals surface area contributed by atoms with E-state index in [2.05, 4.69) is 60.8 Å². The highest BCUT2D eigenvalue weighted by Gasteiger charge is 1.96. The Morgan fingerprint density at radius 2 is 1.33 bits per heavy atom. The van der Waals surface area contributed by atoms with Crippen molar-refractivity contribution in [1.29, 1.82) is 0 Å². The van der Waals surface area contributed by atoms with Crippen LogP contribution in [-0.2, 0) is 0 Å². The maximum atomic E-state index is 4.39. The van der Waals surface area contributed by atoms with Gasteiger partial charge in [-0.05, 0) is 38.5 Å². The number of hydrogen-bond acceptors (Lipinski definition) is 2. The van der Waals surface area contributed by atoms with Gasteiger partial charge in [0.1, 0.15) is 0 Å². The monoisotopic (exact) mass is 238 g/mol. The van der Waals surface area contributed by atoms with E-state index in [4.69, 9.17) is 0 Å². The quantitative estimate of drug-likeness (QED) is 0.630. The van der Waals surface area contributed by atoms with Crippen molar-refractivity contribution in [3.8, 4) is 0 Å². The molecule has 2 aromatic rings. The zero-order valence-corrected chi connectivity index (χ0v) is 11.1. The highest BCUT2D eigenvalue weighted by molar-refractivity contribution is 5.99. The lowest BCUT2D eigenvalue weighted by molar-refractivity contribution is 1.31. The number of hydrazone groups is 1. The first-order chi connectivity index (χ1) is 8.65. The fraction of sp³-hybridized carbons (Fsp3) is 0.188. The molecule has 2 rings (SSSR count). The van der Waals surface area contributed by atoms with Crippen molar-refractivity contribution in [2.45, 2.75) is 20.8 Å². The van der Waals surface area contributed by atoms with Crippen LogP contribution in [0.5, 0.6) is 0 Å². The number of hydrogen-bond donors (Lipinski definition) is 1. The first-order valence-electron chi connectivity index (χ1n) is 6.09. The number of nitrogens with zero attached hydrogens (tertiary/aromatic N) is 1. The van der Waals surface area contributed by atoms with Crippen molar-refractivity contribution in [3.63, 3.8) is 0 Å². The van der Waals surface area contributed by atoms with Gasteiger partial charge in [0, 0.05) is 0 Å². The van der Waals surface area contributed by atoms with E-state index < -0.39 is 0 Å². The number of aryl methyl sites for hydroxylation is 2. The number of nitrogens with one attached hydrogen (secondary N) is 1. The molecule has 2 nitrogen and oxygen atoms in total. The standard InChI is InChI=1S/C16H18N2/c1-12-4-8-15(9-5-12)14(3)17-18-16-10-6-13(2)7-11-16/h4-11,18H,1-3H3/b17-14-. The maximum absolute atomic E-state index is 4.39. The largest absolute Gasteiger partial charge is 0.278 e. The van der Waals surface area contributed by atoms with E-state index in [9.17, 15) is 0 Å². The van der Waals surface area contributed by atoms with E-state index in [1.54, 1.807) is 0 Å². The van der Waals surface area contributed by atoms with Crippen LogP contribution >= 0.6 is 0 Å². The van der Waals surface area contributed by atoms with Crippen molar-refractivity contribution in [1.82, 2.24) is 0 Å². The first-order valence-corrected chi connectivity index (χ1v) is 6.09. The third-order valence-electron chi connectivity index (χ3n) is 2.87. The summed E-state index contributed by atoms with van der Waals surface area (Å²) in [5.41, 5.74) is 8.71. The topological polar surface area (TPSA) is 24.4 Å². The molecule has 18 heavy (non-hydrogen) atoms. The lowest BCUT2D eigenvalue weighted by atomic mass is 10.1. The molecule has 92 valence electrons. The van der Waals surface area contributed by atoms with Crippen molar-refractivity contribution in [2.75, 3.05) is 5.43 Å². The molecule has 0 amide bonds. The smallest absolute Gasteiger partial charge is 0.0648 e. The summed E-state index contributed by atoms with van der Waals surface area (Å²) in [6.45, 7) is 6.16. The van der Waals surface area contributed by atoms with Gasteiger partial charge in [0.15, 0.2) is 0 Å². The summed E-state index contributed by atoms with van der Waals surface area (Å²) in [6, 6.07) is 16.6. The van der Waals surface area contributed by atoms with E-state index in [-0.39, 0.29) is 0 Å². The van der Waals surface area contributed by atoms with Crippen LogP contribution in [0.2, 0.25) is 0 Å². The maximum Gasteiger partial charge on any atom is 0.0648 e. The molecule has 0 radical (unpaired) electrons. The molecule has 2 heteroatoms. The first kappa shape index (κ1) is 12.4. The molecule has 2 aromatic carbocycles. The summed E-state index contributed by atoms with van der Waals surface area (Å²) >= 11 is 0. The Morgan fingerprint density at radius 1 is 0.833 bits per heavy atom. The van der Waals surface area contributed by atoms with E-state index in [1.165, 1.54) is 11.1 Å². The molecule has 0 aliphatic carbocycles. The fourth-order valence-corrected chi connectivity index (χ4v) is 1.64. The van der Waals surface area contributed by atoms with Gasteiger partial charge < -0.3 is 0 Å². The van der Waals surface area contributed by atoms with E-state index >= 15 is 0 Å². The molecule has 0 aromatic heterocycles. The predicted molar refractivity (Wildman–Crippen MR) is 78.2 cm³/mol. The van der Waals surface area contributed by atoms with E-state index in [1.807, 2.05) is 19.1 Å². The molecular formula is C16H18N2. The SMILES string of the molecule is C/C(=N/Nc1ccc(C)cc1)c1ccc(C)cc1. The molecular weight excluding hydrogens is 220 g/mol. The molecule has 0 spiro atoms. The lowest BCUT2D eigenvalue weighted by Gasteiger charge is -2.04. The van der Waals surface area contributed by atoms with Gasteiger partial charge in [-0.3, -0.25) is 5.43 Å². The van der Waals surface area contributed by atoms with Gasteiger partial charge >= 0.3 is 0 Å². The van der Waals surface area contributed by atoms with Crippen LogP contribution in [0.4, 0.5) is 5.69 Å². The summed E-state index contributed by atoms with van der Waals surface area (Å²) in [5, 5.41) is 4.39. The summed E-state index contributed by atoms with van der Waals surface area (Å²) in [5.74, 6) is 0. The minimum atomic E-state index is 0.982. The predicted octanol–water partition coefficient (Wildman–Crippen LogP) is 4.14.